The molecular weight excluding hydrogens is 450 g/mol. The van der Waals surface area contributed by atoms with Crippen LogP contribution in [0.5, 0.6) is 5.75 Å². The van der Waals surface area contributed by atoms with Gasteiger partial charge in [-0.15, -0.1) is 0 Å². The molecular formula is C26H27N3O6. The Kier molecular flexibility index (Phi) is 6.86. The van der Waals surface area contributed by atoms with E-state index in [2.05, 4.69) is 10.6 Å². The van der Waals surface area contributed by atoms with Gasteiger partial charge in [0.25, 0.3) is 16.8 Å². The van der Waals surface area contributed by atoms with Gasteiger partial charge >= 0.3 is 5.97 Å². The molecule has 9 nitrogen and oxygen atoms in total. The average Bonchev–Trinajstić information content (AvgIpc) is 2.87. The first kappa shape index (κ1) is 24.0. The van der Waals surface area contributed by atoms with E-state index in [-0.39, 0.29) is 34.4 Å². The molecule has 1 fully saturated rings. The molecule has 1 aliphatic carbocycles. The molecule has 0 bridgehead atoms. The third kappa shape index (κ3) is 4.89. The van der Waals surface area contributed by atoms with Crippen LogP contribution in [0, 0.1) is 0 Å². The zero-order chi connectivity index (χ0) is 25.1. The molecule has 182 valence electrons. The Morgan fingerprint density at radius 2 is 1.63 bits per heavy atom. The van der Waals surface area contributed by atoms with Gasteiger partial charge in [0.2, 0.25) is 0 Å². The number of para-hydroxylation sites is 1. The molecule has 0 saturated heterocycles. The molecule has 0 radical (unpaired) electrons. The highest BCUT2D eigenvalue weighted by atomic mass is 16.5. The summed E-state index contributed by atoms with van der Waals surface area (Å²) >= 11 is 0. The van der Waals surface area contributed by atoms with E-state index in [0.717, 1.165) is 12.8 Å². The molecule has 1 amide bonds. The molecule has 0 heterocycles. The van der Waals surface area contributed by atoms with Crippen LogP contribution in [0.3, 0.4) is 0 Å². The average molecular weight is 478 g/mol. The SMILES string of the molecule is CN(C)C(=O)c1cccc(Nc2c(N[C@@H]3CCCC[C@H]3OC(=O)c3ccccc3)c(=O)c2=O)c1O. The lowest BCUT2D eigenvalue weighted by Gasteiger charge is -2.33. The maximum Gasteiger partial charge on any atom is 0.338 e. The predicted octanol–water partition coefficient (Wildman–Crippen LogP) is 3.01. The summed E-state index contributed by atoms with van der Waals surface area (Å²) in [5.74, 6) is -1.17. The van der Waals surface area contributed by atoms with E-state index < -0.39 is 28.8 Å². The number of amides is 1. The molecule has 1 saturated carbocycles. The first-order chi connectivity index (χ1) is 16.8. The molecule has 0 unspecified atom stereocenters. The Balaban J connectivity index is 1.53. The number of aromatic hydroxyl groups is 1. The first-order valence-corrected chi connectivity index (χ1v) is 11.4. The fourth-order valence-electron chi connectivity index (χ4n) is 4.21. The van der Waals surface area contributed by atoms with E-state index in [1.165, 1.54) is 17.0 Å². The number of hydrogen-bond donors (Lipinski definition) is 3. The third-order valence-corrected chi connectivity index (χ3v) is 6.14. The van der Waals surface area contributed by atoms with Gasteiger partial charge in [0, 0.05) is 14.1 Å². The van der Waals surface area contributed by atoms with Gasteiger partial charge < -0.3 is 25.4 Å². The summed E-state index contributed by atoms with van der Waals surface area (Å²) in [4.78, 5) is 50.9. The van der Waals surface area contributed by atoms with Crippen LogP contribution in [0.15, 0.2) is 58.1 Å². The van der Waals surface area contributed by atoms with E-state index in [0.29, 0.717) is 18.4 Å². The van der Waals surface area contributed by atoms with Crippen LogP contribution in [0.25, 0.3) is 0 Å². The molecule has 3 aromatic carbocycles. The number of phenolic OH excluding ortho intramolecular Hbond substituents is 1. The van der Waals surface area contributed by atoms with E-state index >= 15 is 0 Å². The number of hydrogen-bond acceptors (Lipinski definition) is 8. The second-order valence-corrected chi connectivity index (χ2v) is 8.78. The van der Waals surface area contributed by atoms with Crippen molar-refractivity contribution in [1.82, 2.24) is 4.90 Å². The molecule has 9 heteroatoms. The zero-order valence-electron chi connectivity index (χ0n) is 19.5. The normalized spacial score (nSPS) is 17.5. The van der Waals surface area contributed by atoms with Crippen molar-refractivity contribution in [3.8, 4) is 5.75 Å². The van der Waals surface area contributed by atoms with Gasteiger partial charge in [-0.1, -0.05) is 30.7 Å². The number of rotatable bonds is 7. The van der Waals surface area contributed by atoms with Crippen molar-refractivity contribution in [3.63, 3.8) is 0 Å². The van der Waals surface area contributed by atoms with Gasteiger partial charge in [-0.05, 0) is 43.5 Å². The van der Waals surface area contributed by atoms with Crippen LogP contribution in [-0.2, 0) is 4.74 Å². The van der Waals surface area contributed by atoms with Gasteiger partial charge in [0.15, 0.2) is 5.75 Å². The number of ether oxygens (including phenoxy) is 1. The lowest BCUT2D eigenvalue weighted by molar-refractivity contribution is 0.0174. The van der Waals surface area contributed by atoms with Gasteiger partial charge in [-0.2, -0.15) is 0 Å². The number of phenols is 1. The third-order valence-electron chi connectivity index (χ3n) is 6.14. The van der Waals surface area contributed by atoms with E-state index in [1.54, 1.807) is 44.4 Å². The summed E-state index contributed by atoms with van der Waals surface area (Å²) < 4.78 is 5.74. The molecule has 0 spiro atoms. The molecule has 0 aromatic heterocycles. The minimum Gasteiger partial charge on any atom is -0.505 e. The molecule has 0 aliphatic heterocycles. The Morgan fingerprint density at radius 3 is 2.34 bits per heavy atom. The molecule has 3 N–H and O–H groups in total. The van der Waals surface area contributed by atoms with Crippen molar-refractivity contribution < 1.29 is 19.4 Å². The Morgan fingerprint density at radius 1 is 0.943 bits per heavy atom. The minimum absolute atomic E-state index is 0.00142. The summed E-state index contributed by atoms with van der Waals surface area (Å²) in [7, 11) is 3.12. The monoisotopic (exact) mass is 477 g/mol. The minimum atomic E-state index is -0.732. The summed E-state index contributed by atoms with van der Waals surface area (Å²) in [6.45, 7) is 0. The standard InChI is InChI=1S/C26H27N3O6/c1-29(2)25(33)16-11-8-13-18(22(16)30)28-21-20(23(31)24(21)32)27-17-12-6-7-14-19(17)35-26(34)15-9-4-3-5-10-15/h3-5,8-11,13,17,19,27-28,30H,6-7,12,14H2,1-2H3/t17-,19-/m1/s1. The van der Waals surface area contributed by atoms with Crippen molar-refractivity contribution in [3.05, 3.63) is 80.1 Å². The largest absolute Gasteiger partial charge is 0.505 e. The Bertz CT molecular complexity index is 1310. The van der Waals surface area contributed by atoms with Crippen molar-refractivity contribution in [2.45, 2.75) is 37.8 Å². The lowest BCUT2D eigenvalue weighted by Crippen LogP contribution is -2.45. The first-order valence-electron chi connectivity index (χ1n) is 11.4. The van der Waals surface area contributed by atoms with Crippen LogP contribution < -0.4 is 21.5 Å². The van der Waals surface area contributed by atoms with E-state index in [1.807, 2.05) is 6.07 Å². The van der Waals surface area contributed by atoms with Gasteiger partial charge in [-0.25, -0.2) is 4.79 Å². The summed E-state index contributed by atoms with van der Waals surface area (Å²) in [6, 6.07) is 12.9. The second-order valence-electron chi connectivity index (χ2n) is 8.78. The summed E-state index contributed by atoms with van der Waals surface area (Å²) in [5, 5.41) is 16.5. The van der Waals surface area contributed by atoms with Gasteiger partial charge in [0.1, 0.15) is 17.5 Å². The highest BCUT2D eigenvalue weighted by molar-refractivity contribution is 5.99. The van der Waals surface area contributed by atoms with E-state index in [9.17, 15) is 24.3 Å². The fraction of sp³-hybridized carbons (Fsp3) is 0.308. The second kappa shape index (κ2) is 10.0. The predicted molar refractivity (Wildman–Crippen MR) is 132 cm³/mol. The number of esters is 1. The van der Waals surface area contributed by atoms with E-state index in [4.69, 9.17) is 4.74 Å². The fourth-order valence-corrected chi connectivity index (χ4v) is 4.21. The van der Waals surface area contributed by atoms with Gasteiger partial charge in [0.05, 0.1) is 22.9 Å². The molecule has 1 aliphatic rings. The maximum atomic E-state index is 12.6. The Hall–Kier alpha value is -4.14. The lowest BCUT2D eigenvalue weighted by atomic mass is 9.91. The number of benzene rings is 2. The number of carbonyl (C=O) groups excluding carboxylic acids is 2. The number of carbonyl (C=O) groups is 2. The smallest absolute Gasteiger partial charge is 0.338 e. The quantitative estimate of drug-likeness (QED) is 0.269. The molecule has 35 heavy (non-hydrogen) atoms. The van der Waals surface area contributed by atoms with Crippen LogP contribution >= 0.6 is 0 Å². The van der Waals surface area contributed by atoms with Crippen LogP contribution in [0.4, 0.5) is 17.1 Å². The highest BCUT2D eigenvalue weighted by Gasteiger charge is 2.32. The number of anilines is 3. The van der Waals surface area contributed by atoms with Gasteiger partial charge in [-0.3, -0.25) is 14.4 Å². The van der Waals surface area contributed by atoms with Crippen molar-refractivity contribution in [1.29, 1.82) is 0 Å². The molecule has 3 aromatic rings. The maximum absolute atomic E-state index is 12.6. The van der Waals surface area contributed by atoms with Crippen LogP contribution in [0.1, 0.15) is 46.4 Å². The molecule has 2 atom stereocenters. The highest BCUT2D eigenvalue weighted by Crippen LogP contribution is 2.33. The van der Waals surface area contributed by atoms with Crippen molar-refractivity contribution in [2.24, 2.45) is 0 Å². The Labute approximate surface area is 202 Å². The topological polar surface area (TPSA) is 125 Å². The van der Waals surface area contributed by atoms with Crippen molar-refractivity contribution >= 4 is 28.9 Å². The molecule has 4 rings (SSSR count). The van der Waals surface area contributed by atoms with Crippen LogP contribution in [0.2, 0.25) is 0 Å². The number of nitrogens with one attached hydrogen (secondary N) is 2. The number of nitrogens with zero attached hydrogens (tertiary/aromatic N) is 1. The van der Waals surface area contributed by atoms with Crippen LogP contribution in [-0.4, -0.2) is 48.1 Å². The zero-order valence-corrected chi connectivity index (χ0v) is 19.5. The van der Waals surface area contributed by atoms with Crippen molar-refractivity contribution in [2.75, 3.05) is 24.7 Å². The summed E-state index contributed by atoms with van der Waals surface area (Å²) in [6.07, 6.45) is 2.57. The summed E-state index contributed by atoms with van der Waals surface area (Å²) in [5.41, 5.74) is -0.714.